The minimum Gasteiger partial charge on any atom is -0.494 e. The van der Waals surface area contributed by atoms with Gasteiger partial charge in [-0.25, -0.2) is 5.06 Å². The standard InChI is InChI=1S/C16H19NO5/c1-19-11-7-5-8-12(20-2)15(11)17(18)16-13(21-3)9-6-10-14(16)22-4/h5-10,18H,1-4H3. The van der Waals surface area contributed by atoms with Crippen LogP contribution in [0, 0.1) is 0 Å². The summed E-state index contributed by atoms with van der Waals surface area (Å²) < 4.78 is 21.3. The van der Waals surface area contributed by atoms with Crippen molar-refractivity contribution < 1.29 is 24.2 Å². The zero-order valence-electron chi connectivity index (χ0n) is 13.0. The largest absolute Gasteiger partial charge is 0.494 e. The molecule has 0 unspecified atom stereocenters. The molecule has 2 aromatic rings. The average Bonchev–Trinajstić information content (AvgIpc) is 2.59. The normalized spacial score (nSPS) is 10.0. The molecule has 0 spiro atoms. The molecule has 0 aliphatic carbocycles. The summed E-state index contributed by atoms with van der Waals surface area (Å²) >= 11 is 0. The molecule has 0 amide bonds. The van der Waals surface area contributed by atoms with Gasteiger partial charge in [0.1, 0.15) is 23.0 Å². The van der Waals surface area contributed by atoms with Crippen LogP contribution in [0.3, 0.4) is 0 Å². The molecular formula is C16H19NO5. The van der Waals surface area contributed by atoms with Crippen LogP contribution in [-0.2, 0) is 0 Å². The van der Waals surface area contributed by atoms with Crippen molar-refractivity contribution in [2.75, 3.05) is 33.5 Å². The van der Waals surface area contributed by atoms with Gasteiger partial charge in [-0.1, -0.05) is 12.1 Å². The van der Waals surface area contributed by atoms with Gasteiger partial charge >= 0.3 is 0 Å². The van der Waals surface area contributed by atoms with E-state index in [4.69, 9.17) is 18.9 Å². The molecule has 22 heavy (non-hydrogen) atoms. The lowest BCUT2D eigenvalue weighted by atomic mass is 10.2. The SMILES string of the molecule is COc1cccc(OC)c1N(O)c1c(OC)cccc1OC. The topological polar surface area (TPSA) is 60.4 Å². The molecular weight excluding hydrogens is 286 g/mol. The van der Waals surface area contributed by atoms with Crippen molar-refractivity contribution in [3.63, 3.8) is 0 Å². The fraction of sp³-hybridized carbons (Fsp3) is 0.250. The Morgan fingerprint density at radius 1 is 0.636 bits per heavy atom. The Morgan fingerprint density at radius 3 is 1.14 bits per heavy atom. The molecule has 0 fully saturated rings. The molecule has 2 aromatic carbocycles. The summed E-state index contributed by atoms with van der Waals surface area (Å²) in [6.07, 6.45) is 0. The highest BCUT2D eigenvalue weighted by molar-refractivity contribution is 5.79. The molecule has 0 bridgehead atoms. The molecule has 1 N–H and O–H groups in total. The van der Waals surface area contributed by atoms with Crippen LogP contribution >= 0.6 is 0 Å². The third-order valence-electron chi connectivity index (χ3n) is 3.23. The summed E-state index contributed by atoms with van der Waals surface area (Å²) in [6.45, 7) is 0. The van der Waals surface area contributed by atoms with Crippen LogP contribution in [0.5, 0.6) is 23.0 Å². The van der Waals surface area contributed by atoms with Crippen LogP contribution in [0.1, 0.15) is 0 Å². The van der Waals surface area contributed by atoms with Crippen LogP contribution in [0.15, 0.2) is 36.4 Å². The maximum Gasteiger partial charge on any atom is 0.153 e. The van der Waals surface area contributed by atoms with Crippen molar-refractivity contribution >= 4 is 11.4 Å². The Hall–Kier alpha value is -2.60. The highest BCUT2D eigenvalue weighted by Gasteiger charge is 2.24. The summed E-state index contributed by atoms with van der Waals surface area (Å²) in [5, 5.41) is 11.7. The number of benzene rings is 2. The van der Waals surface area contributed by atoms with Crippen molar-refractivity contribution in [3.8, 4) is 23.0 Å². The van der Waals surface area contributed by atoms with Gasteiger partial charge in [-0.15, -0.1) is 0 Å². The van der Waals surface area contributed by atoms with E-state index in [0.717, 1.165) is 5.06 Å². The minimum atomic E-state index is 0.357. The second kappa shape index (κ2) is 6.91. The quantitative estimate of drug-likeness (QED) is 0.827. The maximum absolute atomic E-state index is 10.8. The van der Waals surface area contributed by atoms with Crippen molar-refractivity contribution in [1.82, 2.24) is 0 Å². The van der Waals surface area contributed by atoms with E-state index in [1.54, 1.807) is 36.4 Å². The van der Waals surface area contributed by atoms with Crippen LogP contribution < -0.4 is 24.0 Å². The molecule has 0 aliphatic rings. The fourth-order valence-corrected chi connectivity index (χ4v) is 2.19. The van der Waals surface area contributed by atoms with Crippen LogP contribution in [0.2, 0.25) is 0 Å². The number of para-hydroxylation sites is 2. The molecule has 0 saturated heterocycles. The van der Waals surface area contributed by atoms with Gasteiger partial charge in [-0.05, 0) is 24.3 Å². The molecule has 0 aromatic heterocycles. The van der Waals surface area contributed by atoms with Crippen LogP contribution in [0.25, 0.3) is 0 Å². The lowest BCUT2D eigenvalue weighted by molar-refractivity contribution is 0.277. The Kier molecular flexibility index (Phi) is 4.95. The molecule has 0 radical (unpaired) electrons. The Balaban J connectivity index is 2.65. The number of ether oxygens (including phenoxy) is 4. The molecule has 0 heterocycles. The van der Waals surface area contributed by atoms with Crippen LogP contribution in [-0.4, -0.2) is 33.6 Å². The number of hydrogen-bond donors (Lipinski definition) is 1. The van der Waals surface area contributed by atoms with Gasteiger partial charge in [0.2, 0.25) is 0 Å². The van der Waals surface area contributed by atoms with Crippen molar-refractivity contribution in [2.24, 2.45) is 0 Å². The lowest BCUT2D eigenvalue weighted by Crippen LogP contribution is -2.15. The van der Waals surface area contributed by atoms with Gasteiger partial charge in [-0.3, -0.25) is 5.21 Å². The first kappa shape index (κ1) is 15.8. The maximum atomic E-state index is 10.8. The lowest BCUT2D eigenvalue weighted by Gasteiger charge is -2.24. The molecule has 6 nitrogen and oxygen atoms in total. The van der Waals surface area contributed by atoms with Crippen molar-refractivity contribution in [1.29, 1.82) is 0 Å². The van der Waals surface area contributed by atoms with Gasteiger partial charge in [-0.2, -0.15) is 0 Å². The minimum absolute atomic E-state index is 0.357. The number of methoxy groups -OCH3 is 4. The van der Waals surface area contributed by atoms with Crippen molar-refractivity contribution in [3.05, 3.63) is 36.4 Å². The zero-order valence-corrected chi connectivity index (χ0v) is 13.0. The smallest absolute Gasteiger partial charge is 0.153 e. The first-order valence-electron chi connectivity index (χ1n) is 6.58. The Morgan fingerprint density at radius 2 is 0.909 bits per heavy atom. The van der Waals surface area contributed by atoms with E-state index < -0.39 is 0 Å². The first-order chi connectivity index (χ1) is 10.7. The third-order valence-corrected chi connectivity index (χ3v) is 3.23. The average molecular weight is 305 g/mol. The highest BCUT2D eigenvalue weighted by Crippen LogP contribution is 2.46. The van der Waals surface area contributed by atoms with E-state index in [1.807, 2.05) is 0 Å². The van der Waals surface area contributed by atoms with E-state index in [2.05, 4.69) is 0 Å². The predicted octanol–water partition coefficient (Wildman–Crippen LogP) is 3.25. The molecule has 0 saturated carbocycles. The molecule has 0 aliphatic heterocycles. The van der Waals surface area contributed by atoms with Crippen LogP contribution in [0.4, 0.5) is 11.4 Å². The van der Waals surface area contributed by atoms with Gasteiger partial charge in [0.15, 0.2) is 11.4 Å². The molecule has 118 valence electrons. The first-order valence-corrected chi connectivity index (χ1v) is 6.58. The number of rotatable bonds is 6. The van der Waals surface area contributed by atoms with E-state index >= 15 is 0 Å². The van der Waals surface area contributed by atoms with E-state index in [9.17, 15) is 5.21 Å². The van der Waals surface area contributed by atoms with Gasteiger partial charge < -0.3 is 18.9 Å². The summed E-state index contributed by atoms with van der Waals surface area (Å²) in [4.78, 5) is 0. The number of hydrogen-bond acceptors (Lipinski definition) is 6. The van der Waals surface area contributed by atoms with Gasteiger partial charge in [0.05, 0.1) is 28.4 Å². The number of anilines is 2. The van der Waals surface area contributed by atoms with Gasteiger partial charge in [0, 0.05) is 0 Å². The highest BCUT2D eigenvalue weighted by atomic mass is 16.5. The zero-order chi connectivity index (χ0) is 16.1. The van der Waals surface area contributed by atoms with E-state index in [0.29, 0.717) is 34.4 Å². The van der Waals surface area contributed by atoms with E-state index in [1.165, 1.54) is 28.4 Å². The fourth-order valence-electron chi connectivity index (χ4n) is 2.19. The monoisotopic (exact) mass is 305 g/mol. The second-order valence-corrected chi connectivity index (χ2v) is 4.33. The summed E-state index contributed by atoms with van der Waals surface area (Å²) in [5.74, 6) is 1.81. The second-order valence-electron chi connectivity index (χ2n) is 4.33. The summed E-state index contributed by atoms with van der Waals surface area (Å²) in [6, 6.07) is 10.4. The molecule has 6 heteroatoms. The predicted molar refractivity (Wildman–Crippen MR) is 83.0 cm³/mol. The van der Waals surface area contributed by atoms with Gasteiger partial charge in [0.25, 0.3) is 0 Å². The Bertz CT molecular complexity index is 544. The van der Waals surface area contributed by atoms with Crippen molar-refractivity contribution in [2.45, 2.75) is 0 Å². The summed E-state index contributed by atoms with van der Waals surface area (Å²) in [5.41, 5.74) is 0.714. The van der Waals surface area contributed by atoms with E-state index in [-0.39, 0.29) is 0 Å². The number of nitrogens with zero attached hydrogens (tertiary/aromatic N) is 1. The summed E-state index contributed by atoms with van der Waals surface area (Å²) in [7, 11) is 6.08. The molecule has 2 rings (SSSR count). The Labute approximate surface area is 129 Å². The molecule has 0 atom stereocenters. The third kappa shape index (κ3) is 2.73.